The van der Waals surface area contributed by atoms with Crippen molar-refractivity contribution in [2.75, 3.05) is 38.8 Å². The van der Waals surface area contributed by atoms with Crippen LogP contribution in [-0.4, -0.2) is 72.5 Å². The number of thiazole rings is 1. The first-order valence-electron chi connectivity index (χ1n) is 16.4. The molecule has 2 aliphatic rings. The van der Waals surface area contributed by atoms with Crippen LogP contribution in [0.1, 0.15) is 40.7 Å². The SMILES string of the molecule is CN(C)c1ccc(-c2ccc(-c3nc4ccc(CCCOCCOc5ccc6c(c5)CN(C5CCC(=O)NC5=O)C6=O)cc4s3)cc2)cn1. The van der Waals surface area contributed by atoms with E-state index in [2.05, 4.69) is 58.8 Å². The Balaban J connectivity index is 0.852. The zero-order valence-corrected chi connectivity index (χ0v) is 28.3. The molecule has 0 saturated carbocycles. The van der Waals surface area contributed by atoms with E-state index in [-0.39, 0.29) is 18.2 Å². The van der Waals surface area contributed by atoms with Gasteiger partial charge in [0.15, 0.2) is 0 Å². The number of aryl methyl sites for hydroxylation is 1. The number of amides is 3. The zero-order chi connectivity index (χ0) is 33.9. The summed E-state index contributed by atoms with van der Waals surface area (Å²) in [6.45, 7) is 1.78. The number of hydrogen-bond donors (Lipinski definition) is 1. The highest BCUT2D eigenvalue weighted by atomic mass is 32.1. The van der Waals surface area contributed by atoms with Gasteiger partial charge in [-0.3, -0.25) is 19.7 Å². The molecule has 11 heteroatoms. The van der Waals surface area contributed by atoms with Gasteiger partial charge in [0.25, 0.3) is 5.91 Å². The molecule has 1 saturated heterocycles. The summed E-state index contributed by atoms with van der Waals surface area (Å²) < 4.78 is 12.9. The Bertz CT molecular complexity index is 2010. The Hall–Kier alpha value is -5.13. The van der Waals surface area contributed by atoms with Crippen LogP contribution >= 0.6 is 11.3 Å². The highest BCUT2D eigenvalue weighted by Gasteiger charge is 2.39. The molecule has 0 bridgehead atoms. The smallest absolute Gasteiger partial charge is 0.255 e. The first kappa shape index (κ1) is 32.4. The molecule has 5 aromatic rings. The molecule has 1 atom stereocenters. The van der Waals surface area contributed by atoms with Crippen molar-refractivity contribution in [3.8, 4) is 27.4 Å². The van der Waals surface area contributed by atoms with Crippen molar-refractivity contribution in [1.82, 2.24) is 20.2 Å². The third-order valence-electron chi connectivity index (χ3n) is 8.87. The van der Waals surface area contributed by atoms with Crippen molar-refractivity contribution >= 4 is 45.1 Å². The van der Waals surface area contributed by atoms with Crippen molar-refractivity contribution < 1.29 is 23.9 Å². The molecule has 2 aliphatic heterocycles. The van der Waals surface area contributed by atoms with Crippen molar-refractivity contribution in [2.45, 2.75) is 38.3 Å². The van der Waals surface area contributed by atoms with Crippen LogP contribution in [0, 0.1) is 0 Å². The first-order chi connectivity index (χ1) is 23.8. The van der Waals surface area contributed by atoms with Gasteiger partial charge in [0.05, 0.1) is 16.8 Å². The normalized spacial score (nSPS) is 15.8. The van der Waals surface area contributed by atoms with Crippen molar-refractivity contribution in [2.24, 2.45) is 0 Å². The average molecular weight is 676 g/mol. The predicted molar refractivity (Wildman–Crippen MR) is 190 cm³/mol. The van der Waals surface area contributed by atoms with Crippen LogP contribution in [-0.2, 0) is 27.3 Å². The second-order valence-corrected chi connectivity index (χ2v) is 13.5. The topological polar surface area (TPSA) is 114 Å². The van der Waals surface area contributed by atoms with Gasteiger partial charge in [0, 0.05) is 56.6 Å². The molecule has 1 fully saturated rings. The van der Waals surface area contributed by atoms with Crippen LogP contribution in [0.3, 0.4) is 0 Å². The van der Waals surface area contributed by atoms with Gasteiger partial charge in [-0.1, -0.05) is 30.3 Å². The Morgan fingerprint density at radius 3 is 2.51 bits per heavy atom. The van der Waals surface area contributed by atoms with Crippen LogP contribution in [0.15, 0.2) is 79.0 Å². The van der Waals surface area contributed by atoms with E-state index in [9.17, 15) is 14.4 Å². The highest BCUT2D eigenvalue weighted by molar-refractivity contribution is 7.21. The Morgan fingerprint density at radius 1 is 0.918 bits per heavy atom. The molecule has 10 nitrogen and oxygen atoms in total. The fourth-order valence-corrected chi connectivity index (χ4v) is 7.25. The minimum Gasteiger partial charge on any atom is -0.491 e. The minimum absolute atomic E-state index is 0.194. The maximum absolute atomic E-state index is 12.9. The molecular weight excluding hydrogens is 639 g/mol. The van der Waals surface area contributed by atoms with E-state index in [0.717, 1.165) is 51.4 Å². The number of ether oxygens (including phenoxy) is 2. The Morgan fingerprint density at radius 2 is 1.73 bits per heavy atom. The molecule has 1 N–H and O–H groups in total. The maximum Gasteiger partial charge on any atom is 0.255 e. The molecule has 4 heterocycles. The van der Waals surface area contributed by atoms with E-state index < -0.39 is 11.9 Å². The largest absolute Gasteiger partial charge is 0.491 e. The zero-order valence-electron chi connectivity index (χ0n) is 27.5. The molecule has 7 rings (SSSR count). The maximum atomic E-state index is 12.9. The third-order valence-corrected chi connectivity index (χ3v) is 9.94. The third kappa shape index (κ3) is 7.18. The number of hydrogen-bond acceptors (Lipinski definition) is 9. The van der Waals surface area contributed by atoms with E-state index in [4.69, 9.17) is 14.5 Å². The fourth-order valence-electron chi connectivity index (χ4n) is 6.21. The molecule has 0 spiro atoms. The van der Waals surface area contributed by atoms with Gasteiger partial charge < -0.3 is 19.3 Å². The van der Waals surface area contributed by atoms with E-state index in [1.807, 2.05) is 37.3 Å². The van der Waals surface area contributed by atoms with Gasteiger partial charge in [0.1, 0.15) is 29.2 Å². The van der Waals surface area contributed by atoms with Gasteiger partial charge in [-0.25, -0.2) is 9.97 Å². The lowest BCUT2D eigenvalue weighted by Gasteiger charge is -2.29. The van der Waals surface area contributed by atoms with Crippen LogP contribution in [0.4, 0.5) is 5.82 Å². The van der Waals surface area contributed by atoms with Crippen molar-refractivity contribution in [3.63, 3.8) is 0 Å². The average Bonchev–Trinajstić information content (AvgIpc) is 3.68. The number of anilines is 1. The van der Waals surface area contributed by atoms with Crippen LogP contribution in [0.25, 0.3) is 31.9 Å². The monoisotopic (exact) mass is 675 g/mol. The molecule has 1 unspecified atom stereocenters. The summed E-state index contributed by atoms with van der Waals surface area (Å²) in [7, 11) is 3.97. The van der Waals surface area contributed by atoms with Crippen molar-refractivity contribution in [1.29, 1.82) is 0 Å². The van der Waals surface area contributed by atoms with Crippen LogP contribution in [0.5, 0.6) is 5.75 Å². The van der Waals surface area contributed by atoms with E-state index in [0.29, 0.717) is 44.1 Å². The van der Waals surface area contributed by atoms with Gasteiger partial charge >= 0.3 is 0 Å². The summed E-state index contributed by atoms with van der Waals surface area (Å²) >= 11 is 1.71. The number of benzene rings is 3. The van der Waals surface area contributed by atoms with Gasteiger partial charge in [0.2, 0.25) is 11.8 Å². The summed E-state index contributed by atoms with van der Waals surface area (Å²) in [6.07, 6.45) is 4.27. The van der Waals surface area contributed by atoms with Crippen LogP contribution in [0.2, 0.25) is 0 Å². The second kappa shape index (κ2) is 14.2. The van der Waals surface area contributed by atoms with Crippen LogP contribution < -0.4 is 15.0 Å². The standard InChI is InChI=1S/C38H37N5O5S/c1-42(2)34-15-10-27(22-39-34)25-6-8-26(9-7-25)37-40-31-13-5-24(20-33(31)49-37)4-3-17-47-18-19-48-29-11-12-30-28(21-29)23-43(38(30)46)32-14-16-35(44)41-36(32)45/h5-13,15,20-22,32H,3-4,14,16-19,23H2,1-2H3,(H,41,44,45). The number of nitrogens with one attached hydrogen (secondary N) is 1. The fraction of sp³-hybridized carbons (Fsp3) is 0.289. The number of piperidine rings is 1. The number of imide groups is 1. The van der Waals surface area contributed by atoms with E-state index >= 15 is 0 Å². The summed E-state index contributed by atoms with van der Waals surface area (Å²) in [5.74, 6) is 0.683. The molecule has 0 radical (unpaired) electrons. The second-order valence-electron chi connectivity index (χ2n) is 12.5. The quantitative estimate of drug-likeness (QED) is 0.129. The lowest BCUT2D eigenvalue weighted by Crippen LogP contribution is -2.52. The highest BCUT2D eigenvalue weighted by Crippen LogP contribution is 2.33. The Labute approximate surface area is 288 Å². The number of fused-ring (bicyclic) bond motifs is 2. The lowest BCUT2D eigenvalue weighted by molar-refractivity contribution is -0.136. The molecule has 49 heavy (non-hydrogen) atoms. The number of rotatable bonds is 12. The number of pyridine rings is 1. The predicted octanol–water partition coefficient (Wildman–Crippen LogP) is 5.88. The molecule has 3 amide bonds. The van der Waals surface area contributed by atoms with Gasteiger partial charge in [-0.2, -0.15) is 0 Å². The Kier molecular flexibility index (Phi) is 9.36. The molecule has 3 aromatic carbocycles. The lowest BCUT2D eigenvalue weighted by atomic mass is 10.0. The number of carbonyl (C=O) groups is 3. The van der Waals surface area contributed by atoms with Crippen molar-refractivity contribution in [3.05, 3.63) is 95.7 Å². The van der Waals surface area contributed by atoms with E-state index in [1.54, 1.807) is 23.5 Å². The number of carbonyl (C=O) groups excluding carboxylic acids is 3. The molecule has 250 valence electrons. The summed E-state index contributed by atoms with van der Waals surface area (Å²) in [5.41, 5.74) is 6.95. The number of nitrogens with zero attached hydrogens (tertiary/aromatic N) is 4. The van der Waals surface area contributed by atoms with E-state index in [1.165, 1.54) is 15.2 Å². The molecular formula is C38H37N5O5S. The molecule has 0 aliphatic carbocycles. The number of aromatic nitrogens is 2. The summed E-state index contributed by atoms with van der Waals surface area (Å²) in [4.78, 5) is 49.6. The summed E-state index contributed by atoms with van der Waals surface area (Å²) in [5, 5.41) is 3.33. The van der Waals surface area contributed by atoms with Gasteiger partial charge in [-0.15, -0.1) is 11.3 Å². The van der Waals surface area contributed by atoms with Gasteiger partial charge in [-0.05, 0) is 78.4 Å². The summed E-state index contributed by atoms with van der Waals surface area (Å²) in [6, 6.07) is 23.8. The first-order valence-corrected chi connectivity index (χ1v) is 17.3. The minimum atomic E-state index is -0.629. The molecule has 2 aromatic heterocycles.